The van der Waals surface area contributed by atoms with Crippen LogP contribution in [0.1, 0.15) is 29.7 Å². The molecule has 1 aromatic heterocycles. The van der Waals surface area contributed by atoms with Crippen molar-refractivity contribution in [1.29, 1.82) is 0 Å². The number of rotatable bonds is 12. The standard InChI is InChI=1S/C36H31NO9/c1-24-34(45-27-15-9-4-10-16-27)33(39)29-18-17-28(21-31(29)44-24)46-35(40)30(37-36(41)43-23-26-13-7-3-8-14-26)19-20-32(38)42-22-25-11-5-2-6-12-25/h2-18,21,30H,19-20,22-23H2,1H3,(H,37,41)/t30-/m0/s1. The van der Waals surface area contributed by atoms with Crippen molar-refractivity contribution in [3.05, 3.63) is 136 Å². The predicted octanol–water partition coefficient (Wildman–Crippen LogP) is 6.62. The number of benzene rings is 4. The number of hydrogen-bond acceptors (Lipinski definition) is 9. The Labute approximate surface area is 264 Å². The number of para-hydroxylation sites is 1. The summed E-state index contributed by atoms with van der Waals surface area (Å²) in [6.45, 7) is 1.64. The molecule has 10 nitrogen and oxygen atoms in total. The summed E-state index contributed by atoms with van der Waals surface area (Å²) < 4.78 is 27.8. The molecule has 0 saturated heterocycles. The summed E-state index contributed by atoms with van der Waals surface area (Å²) in [5.41, 5.74) is 1.34. The lowest BCUT2D eigenvalue weighted by Gasteiger charge is -2.17. The second kappa shape index (κ2) is 15.2. The minimum Gasteiger partial charge on any atom is -0.461 e. The molecule has 0 unspecified atom stereocenters. The Morgan fingerprint density at radius 3 is 2.02 bits per heavy atom. The molecule has 0 fully saturated rings. The third kappa shape index (κ3) is 8.60. The fourth-order valence-electron chi connectivity index (χ4n) is 4.47. The molecule has 46 heavy (non-hydrogen) atoms. The first-order valence-corrected chi connectivity index (χ1v) is 14.5. The Morgan fingerprint density at radius 1 is 0.761 bits per heavy atom. The molecule has 234 valence electrons. The molecule has 0 aliphatic carbocycles. The third-order valence-electron chi connectivity index (χ3n) is 6.84. The van der Waals surface area contributed by atoms with Crippen LogP contribution in [0.25, 0.3) is 11.0 Å². The highest BCUT2D eigenvalue weighted by Crippen LogP contribution is 2.27. The van der Waals surface area contributed by atoms with Crippen LogP contribution in [-0.4, -0.2) is 24.1 Å². The molecule has 0 bridgehead atoms. The normalized spacial score (nSPS) is 11.3. The van der Waals surface area contributed by atoms with Crippen LogP contribution in [0.5, 0.6) is 17.2 Å². The first kappa shape index (κ1) is 31.5. The van der Waals surface area contributed by atoms with Gasteiger partial charge in [-0.15, -0.1) is 0 Å². The number of alkyl carbamates (subject to hydrolysis) is 1. The summed E-state index contributed by atoms with van der Waals surface area (Å²) in [6.07, 6.45) is -1.16. The van der Waals surface area contributed by atoms with Crippen LogP contribution in [0.4, 0.5) is 4.79 Å². The molecule has 0 saturated carbocycles. The maximum Gasteiger partial charge on any atom is 0.408 e. The highest BCUT2D eigenvalue weighted by Gasteiger charge is 2.26. The molecule has 1 atom stereocenters. The zero-order valence-corrected chi connectivity index (χ0v) is 25.0. The largest absolute Gasteiger partial charge is 0.461 e. The van der Waals surface area contributed by atoms with Crippen molar-refractivity contribution in [2.24, 2.45) is 0 Å². The van der Waals surface area contributed by atoms with Gasteiger partial charge in [-0.3, -0.25) is 9.59 Å². The Bertz CT molecular complexity index is 1860. The molecule has 0 aliphatic rings. The van der Waals surface area contributed by atoms with Gasteiger partial charge in [0.1, 0.15) is 42.1 Å². The van der Waals surface area contributed by atoms with Gasteiger partial charge < -0.3 is 28.7 Å². The van der Waals surface area contributed by atoms with Gasteiger partial charge in [-0.05, 0) is 48.7 Å². The SMILES string of the molecule is Cc1oc2cc(OC(=O)[C@H](CCC(=O)OCc3ccccc3)NC(=O)OCc3ccccc3)ccc2c(=O)c1Oc1ccccc1. The highest BCUT2D eigenvalue weighted by molar-refractivity contribution is 5.85. The molecule has 1 heterocycles. The van der Waals surface area contributed by atoms with Gasteiger partial charge >= 0.3 is 18.0 Å². The number of esters is 2. The van der Waals surface area contributed by atoms with E-state index in [0.717, 1.165) is 11.1 Å². The van der Waals surface area contributed by atoms with E-state index in [-0.39, 0.29) is 54.3 Å². The topological polar surface area (TPSA) is 130 Å². The summed E-state index contributed by atoms with van der Waals surface area (Å²) in [7, 11) is 0. The first-order chi connectivity index (χ1) is 22.4. The van der Waals surface area contributed by atoms with Crippen molar-refractivity contribution >= 4 is 29.0 Å². The van der Waals surface area contributed by atoms with E-state index in [0.29, 0.717) is 5.75 Å². The van der Waals surface area contributed by atoms with Crippen molar-refractivity contribution in [2.45, 2.75) is 39.0 Å². The van der Waals surface area contributed by atoms with Gasteiger partial charge in [0.2, 0.25) is 11.2 Å². The van der Waals surface area contributed by atoms with E-state index in [9.17, 15) is 19.2 Å². The molecular formula is C36H31NO9. The fraction of sp³-hybridized carbons (Fsp3) is 0.167. The predicted molar refractivity (Wildman–Crippen MR) is 168 cm³/mol. The maximum atomic E-state index is 13.3. The van der Waals surface area contributed by atoms with Gasteiger partial charge in [0, 0.05) is 12.5 Å². The van der Waals surface area contributed by atoms with Crippen LogP contribution in [0, 0.1) is 6.92 Å². The third-order valence-corrected chi connectivity index (χ3v) is 6.84. The zero-order chi connectivity index (χ0) is 32.3. The fourth-order valence-corrected chi connectivity index (χ4v) is 4.47. The van der Waals surface area contributed by atoms with Crippen LogP contribution in [0.3, 0.4) is 0 Å². The second-order valence-corrected chi connectivity index (χ2v) is 10.3. The van der Waals surface area contributed by atoms with E-state index in [1.165, 1.54) is 18.2 Å². The summed E-state index contributed by atoms with van der Waals surface area (Å²) in [5, 5.41) is 2.71. The second-order valence-electron chi connectivity index (χ2n) is 10.3. The molecule has 0 spiro atoms. The van der Waals surface area contributed by atoms with E-state index in [4.69, 9.17) is 23.4 Å². The van der Waals surface area contributed by atoms with Gasteiger partial charge in [0.25, 0.3) is 0 Å². The minimum atomic E-state index is -1.25. The molecule has 10 heteroatoms. The number of carbonyl (C=O) groups excluding carboxylic acids is 3. The molecule has 1 N–H and O–H groups in total. The molecule has 0 aliphatic heterocycles. The molecule has 1 amide bonds. The smallest absolute Gasteiger partial charge is 0.408 e. The molecule has 5 rings (SSSR count). The Hall–Kier alpha value is -5.90. The summed E-state index contributed by atoms with van der Waals surface area (Å²) in [5.74, 6) is -0.589. The quantitative estimate of drug-likeness (QED) is 0.121. The zero-order valence-electron chi connectivity index (χ0n) is 25.0. The lowest BCUT2D eigenvalue weighted by atomic mass is 10.1. The first-order valence-electron chi connectivity index (χ1n) is 14.5. The average molecular weight is 622 g/mol. The van der Waals surface area contributed by atoms with Crippen LogP contribution in [0.2, 0.25) is 0 Å². The lowest BCUT2D eigenvalue weighted by molar-refractivity contribution is -0.145. The average Bonchev–Trinajstić information content (AvgIpc) is 3.08. The molecular weight excluding hydrogens is 590 g/mol. The van der Waals surface area contributed by atoms with Crippen molar-refractivity contribution in [2.75, 3.05) is 0 Å². The summed E-state index contributed by atoms with van der Waals surface area (Å²) in [6, 6.07) is 30.1. The summed E-state index contributed by atoms with van der Waals surface area (Å²) >= 11 is 0. The van der Waals surface area contributed by atoms with Gasteiger partial charge in [-0.25, -0.2) is 9.59 Å². The maximum absolute atomic E-state index is 13.3. The van der Waals surface area contributed by atoms with Crippen molar-refractivity contribution < 1.29 is 37.7 Å². The highest BCUT2D eigenvalue weighted by atomic mass is 16.6. The van der Waals surface area contributed by atoms with Crippen LogP contribution < -0.4 is 20.2 Å². The number of fused-ring (bicyclic) bond motifs is 1. The van der Waals surface area contributed by atoms with Crippen molar-refractivity contribution in [3.8, 4) is 17.2 Å². The van der Waals surface area contributed by atoms with Crippen molar-refractivity contribution in [3.63, 3.8) is 0 Å². The number of ether oxygens (including phenoxy) is 4. The summed E-state index contributed by atoms with van der Waals surface area (Å²) in [4.78, 5) is 51.6. The number of aryl methyl sites for hydroxylation is 1. The number of hydrogen-bond donors (Lipinski definition) is 1. The van der Waals surface area contributed by atoms with E-state index in [1.54, 1.807) is 43.3 Å². The lowest BCUT2D eigenvalue weighted by Crippen LogP contribution is -2.43. The van der Waals surface area contributed by atoms with Gasteiger partial charge in [0.15, 0.2) is 0 Å². The van der Waals surface area contributed by atoms with Crippen LogP contribution in [-0.2, 0) is 32.3 Å². The van der Waals surface area contributed by atoms with E-state index in [2.05, 4.69) is 5.32 Å². The number of carbonyl (C=O) groups is 3. The van der Waals surface area contributed by atoms with Gasteiger partial charge in [0.05, 0.1) is 5.39 Å². The molecule has 0 radical (unpaired) electrons. The Morgan fingerprint density at radius 2 is 1.37 bits per heavy atom. The minimum absolute atomic E-state index is 0.0212. The molecule has 4 aromatic carbocycles. The number of amides is 1. The van der Waals surface area contributed by atoms with Crippen LogP contribution in [0.15, 0.2) is 118 Å². The Kier molecular flexibility index (Phi) is 10.4. The Balaban J connectivity index is 1.27. The van der Waals surface area contributed by atoms with Gasteiger partial charge in [-0.2, -0.15) is 0 Å². The van der Waals surface area contributed by atoms with E-state index < -0.39 is 29.5 Å². The van der Waals surface area contributed by atoms with Crippen LogP contribution >= 0.6 is 0 Å². The van der Waals surface area contributed by atoms with Crippen molar-refractivity contribution in [1.82, 2.24) is 5.32 Å². The van der Waals surface area contributed by atoms with Gasteiger partial charge in [-0.1, -0.05) is 78.9 Å². The monoisotopic (exact) mass is 621 g/mol. The van der Waals surface area contributed by atoms with E-state index >= 15 is 0 Å². The molecule has 5 aromatic rings. The number of nitrogens with one attached hydrogen (secondary N) is 1. The van der Waals surface area contributed by atoms with E-state index in [1.807, 2.05) is 54.6 Å².